The van der Waals surface area contributed by atoms with E-state index in [0.717, 1.165) is 70.6 Å². The van der Waals surface area contributed by atoms with Crippen molar-refractivity contribution >= 4 is 17.6 Å². The van der Waals surface area contributed by atoms with E-state index < -0.39 is 0 Å². The number of nitrogens with zero attached hydrogens (tertiary/aromatic N) is 5. The molecule has 1 aromatic heterocycles. The topological polar surface area (TPSA) is 72.0 Å². The lowest BCUT2D eigenvalue weighted by atomic mass is 9.91. The Kier molecular flexibility index (Phi) is 7.40. The van der Waals surface area contributed by atoms with Crippen molar-refractivity contribution in [3.05, 3.63) is 23.9 Å². The van der Waals surface area contributed by atoms with Gasteiger partial charge in [0.25, 0.3) is 5.91 Å². The maximum atomic E-state index is 12.8. The quantitative estimate of drug-likeness (QED) is 0.700. The van der Waals surface area contributed by atoms with Crippen molar-refractivity contribution in [2.45, 2.75) is 38.6 Å². The lowest BCUT2D eigenvalue weighted by Crippen LogP contribution is -2.56. The fourth-order valence-corrected chi connectivity index (χ4v) is 4.56. The van der Waals surface area contributed by atoms with Crippen LogP contribution in [-0.2, 0) is 4.79 Å². The molecule has 2 amide bonds. The molecule has 0 bridgehead atoms. The fraction of sp³-hybridized carbons (Fsp3) is 0.696. The number of hydrogen-bond donors (Lipinski definition) is 1. The van der Waals surface area contributed by atoms with Gasteiger partial charge in [-0.3, -0.25) is 19.4 Å². The predicted molar refractivity (Wildman–Crippen MR) is 121 cm³/mol. The highest BCUT2D eigenvalue weighted by atomic mass is 16.2. The molecule has 0 unspecified atom stereocenters. The van der Waals surface area contributed by atoms with Crippen LogP contribution in [0.3, 0.4) is 0 Å². The zero-order valence-corrected chi connectivity index (χ0v) is 18.8. The zero-order chi connectivity index (χ0) is 21.6. The van der Waals surface area contributed by atoms with Gasteiger partial charge in [0.2, 0.25) is 5.91 Å². The maximum Gasteiger partial charge on any atom is 0.252 e. The molecule has 0 atom stereocenters. The SMILES string of the molecule is CCCNC(=O)c1ccc(N2CCN(CC(=O)N3CCN(C4CCC4)CC3)CC2)nc1. The third-order valence-corrected chi connectivity index (χ3v) is 6.86. The minimum absolute atomic E-state index is 0.0715. The number of hydrogen-bond acceptors (Lipinski definition) is 6. The van der Waals surface area contributed by atoms with E-state index in [1.807, 2.05) is 24.0 Å². The number of anilines is 1. The van der Waals surface area contributed by atoms with Crippen molar-refractivity contribution in [3.8, 4) is 0 Å². The molecule has 2 aliphatic heterocycles. The van der Waals surface area contributed by atoms with Gasteiger partial charge in [0, 0.05) is 71.1 Å². The van der Waals surface area contributed by atoms with E-state index in [1.54, 1.807) is 6.20 Å². The number of rotatable bonds is 7. The first-order valence-electron chi connectivity index (χ1n) is 11.9. The Labute approximate surface area is 185 Å². The predicted octanol–water partition coefficient (Wildman–Crippen LogP) is 1.04. The van der Waals surface area contributed by atoms with Crippen molar-refractivity contribution in [1.29, 1.82) is 0 Å². The van der Waals surface area contributed by atoms with Gasteiger partial charge in [-0.1, -0.05) is 13.3 Å². The molecule has 1 aliphatic carbocycles. The van der Waals surface area contributed by atoms with Crippen LogP contribution >= 0.6 is 0 Å². The third-order valence-electron chi connectivity index (χ3n) is 6.86. The van der Waals surface area contributed by atoms with Crippen LogP contribution in [-0.4, -0.2) is 103 Å². The van der Waals surface area contributed by atoms with Gasteiger partial charge < -0.3 is 15.1 Å². The van der Waals surface area contributed by atoms with Gasteiger partial charge in [0.1, 0.15) is 5.82 Å². The molecule has 8 nitrogen and oxygen atoms in total. The summed E-state index contributed by atoms with van der Waals surface area (Å²) in [5, 5.41) is 2.87. The number of carbonyl (C=O) groups is 2. The average Bonchev–Trinajstić information content (AvgIpc) is 2.77. The molecule has 1 saturated carbocycles. The summed E-state index contributed by atoms with van der Waals surface area (Å²) in [5.74, 6) is 1.09. The number of aromatic nitrogens is 1. The summed E-state index contributed by atoms with van der Waals surface area (Å²) in [4.78, 5) is 38.4. The molecule has 8 heteroatoms. The van der Waals surface area contributed by atoms with Crippen LogP contribution in [0, 0.1) is 0 Å². The van der Waals surface area contributed by atoms with Gasteiger partial charge in [0.15, 0.2) is 0 Å². The Morgan fingerprint density at radius 3 is 2.35 bits per heavy atom. The monoisotopic (exact) mass is 428 g/mol. The molecule has 0 radical (unpaired) electrons. The largest absolute Gasteiger partial charge is 0.354 e. The van der Waals surface area contributed by atoms with Crippen molar-refractivity contribution in [3.63, 3.8) is 0 Å². The third kappa shape index (κ3) is 5.54. The molecule has 170 valence electrons. The minimum Gasteiger partial charge on any atom is -0.354 e. The first-order valence-corrected chi connectivity index (χ1v) is 11.9. The molecular formula is C23H36N6O2. The second kappa shape index (κ2) is 10.4. The van der Waals surface area contributed by atoms with Crippen LogP contribution in [0.2, 0.25) is 0 Å². The van der Waals surface area contributed by atoms with Crippen molar-refractivity contribution in [1.82, 2.24) is 25.0 Å². The van der Waals surface area contributed by atoms with E-state index in [1.165, 1.54) is 19.3 Å². The van der Waals surface area contributed by atoms with Crippen LogP contribution < -0.4 is 10.2 Å². The molecule has 31 heavy (non-hydrogen) atoms. The molecule has 3 aliphatic rings. The van der Waals surface area contributed by atoms with Gasteiger partial charge in [0.05, 0.1) is 12.1 Å². The Balaban J connectivity index is 1.19. The molecule has 0 spiro atoms. The summed E-state index contributed by atoms with van der Waals surface area (Å²) >= 11 is 0. The van der Waals surface area contributed by atoms with Crippen molar-refractivity contribution in [2.24, 2.45) is 0 Å². The number of amides is 2. The van der Waals surface area contributed by atoms with E-state index in [4.69, 9.17) is 0 Å². The lowest BCUT2D eigenvalue weighted by molar-refractivity contribution is -0.134. The molecule has 0 aromatic carbocycles. The average molecular weight is 429 g/mol. The van der Waals surface area contributed by atoms with E-state index in [9.17, 15) is 9.59 Å². The number of nitrogens with one attached hydrogen (secondary N) is 1. The van der Waals surface area contributed by atoms with E-state index in [0.29, 0.717) is 18.7 Å². The molecule has 2 saturated heterocycles. The molecule has 3 heterocycles. The Hall–Kier alpha value is -2.19. The standard InChI is InChI=1S/C23H36N6O2/c1-2-8-24-23(31)19-6-7-21(25-17-19)28-11-9-26(10-12-28)18-22(30)29-15-13-27(14-16-29)20-4-3-5-20/h6-7,17,20H,2-5,8-16,18H2,1H3,(H,24,31). The zero-order valence-electron chi connectivity index (χ0n) is 18.8. The molecular weight excluding hydrogens is 392 g/mol. The van der Waals surface area contributed by atoms with Crippen molar-refractivity contribution < 1.29 is 9.59 Å². The van der Waals surface area contributed by atoms with Gasteiger partial charge in [-0.2, -0.15) is 0 Å². The van der Waals surface area contributed by atoms with Gasteiger partial charge >= 0.3 is 0 Å². The summed E-state index contributed by atoms with van der Waals surface area (Å²) in [6.07, 6.45) is 6.60. The van der Waals surface area contributed by atoms with Crippen LogP contribution in [0.5, 0.6) is 0 Å². The normalized spacial score (nSPS) is 21.1. The van der Waals surface area contributed by atoms with Gasteiger partial charge in [-0.25, -0.2) is 4.98 Å². The van der Waals surface area contributed by atoms with Gasteiger partial charge in [-0.05, 0) is 31.4 Å². The highest BCUT2D eigenvalue weighted by molar-refractivity contribution is 5.94. The summed E-state index contributed by atoms with van der Waals surface area (Å²) in [6.45, 7) is 10.4. The summed E-state index contributed by atoms with van der Waals surface area (Å²) in [6, 6.07) is 4.54. The maximum absolute atomic E-state index is 12.8. The second-order valence-corrected chi connectivity index (χ2v) is 8.93. The van der Waals surface area contributed by atoms with Crippen LogP contribution in [0.25, 0.3) is 0 Å². The first kappa shape index (κ1) is 22.0. The van der Waals surface area contributed by atoms with Gasteiger partial charge in [-0.15, -0.1) is 0 Å². The highest BCUT2D eigenvalue weighted by Gasteiger charge is 2.30. The number of piperazine rings is 2. The number of carbonyl (C=O) groups excluding carboxylic acids is 2. The molecule has 1 aromatic rings. The Morgan fingerprint density at radius 2 is 1.77 bits per heavy atom. The smallest absolute Gasteiger partial charge is 0.252 e. The summed E-state index contributed by atoms with van der Waals surface area (Å²) < 4.78 is 0. The highest BCUT2D eigenvalue weighted by Crippen LogP contribution is 2.25. The fourth-order valence-electron chi connectivity index (χ4n) is 4.56. The van der Waals surface area contributed by atoms with Crippen LogP contribution in [0.4, 0.5) is 5.82 Å². The summed E-state index contributed by atoms with van der Waals surface area (Å²) in [7, 11) is 0. The number of pyridine rings is 1. The summed E-state index contributed by atoms with van der Waals surface area (Å²) in [5.41, 5.74) is 0.596. The van der Waals surface area contributed by atoms with E-state index in [-0.39, 0.29) is 11.8 Å². The van der Waals surface area contributed by atoms with Crippen molar-refractivity contribution in [2.75, 3.05) is 70.3 Å². The molecule has 1 N–H and O–H groups in total. The molecule has 3 fully saturated rings. The Morgan fingerprint density at radius 1 is 1.03 bits per heavy atom. The minimum atomic E-state index is -0.0715. The van der Waals surface area contributed by atoms with Crippen LogP contribution in [0.1, 0.15) is 43.0 Å². The molecule has 4 rings (SSSR count). The van der Waals surface area contributed by atoms with E-state index in [2.05, 4.69) is 25.0 Å². The lowest BCUT2D eigenvalue weighted by Gasteiger charge is -2.43. The van der Waals surface area contributed by atoms with E-state index >= 15 is 0 Å². The Bertz CT molecular complexity index is 735. The first-order chi connectivity index (χ1) is 15.1. The van der Waals surface area contributed by atoms with Crippen LogP contribution in [0.15, 0.2) is 18.3 Å². The second-order valence-electron chi connectivity index (χ2n) is 8.93.